The Kier molecular flexibility index (Phi) is 5.92. The largest absolute Gasteiger partial charge is 0.468 e. The summed E-state index contributed by atoms with van der Waals surface area (Å²) in [5.74, 6) is 0.577. The highest BCUT2D eigenvalue weighted by atomic mass is 16.5. The molecule has 0 aromatic heterocycles. The van der Waals surface area contributed by atoms with Crippen LogP contribution in [0.15, 0.2) is 0 Å². The predicted octanol–water partition coefficient (Wildman–Crippen LogP) is 1.39. The second-order valence-electron chi connectivity index (χ2n) is 5.15. The van der Waals surface area contributed by atoms with Crippen molar-refractivity contribution in [1.82, 2.24) is 4.90 Å². The van der Waals surface area contributed by atoms with E-state index in [1.807, 2.05) is 0 Å². The molecule has 0 heterocycles. The minimum Gasteiger partial charge on any atom is -0.468 e. The fourth-order valence-corrected chi connectivity index (χ4v) is 2.68. The second kappa shape index (κ2) is 6.97. The van der Waals surface area contributed by atoms with Crippen LogP contribution in [-0.2, 0) is 9.53 Å². The van der Waals surface area contributed by atoms with E-state index in [-0.39, 0.29) is 5.97 Å². The molecule has 1 aliphatic carbocycles. The summed E-state index contributed by atoms with van der Waals surface area (Å²) in [6.07, 6.45) is 6.35. The molecule has 17 heavy (non-hydrogen) atoms. The van der Waals surface area contributed by atoms with Crippen LogP contribution in [0.3, 0.4) is 0 Å². The van der Waals surface area contributed by atoms with Crippen molar-refractivity contribution < 1.29 is 9.53 Å². The number of carbonyl (C=O) groups is 1. The molecule has 0 aromatic rings. The number of nitrogens with two attached hydrogens (primary N) is 1. The highest BCUT2D eigenvalue weighted by Gasteiger charge is 2.25. The normalized spacial score (nSPS) is 26.9. The molecule has 1 unspecified atom stereocenters. The Morgan fingerprint density at radius 1 is 1.41 bits per heavy atom. The van der Waals surface area contributed by atoms with Gasteiger partial charge >= 0.3 is 5.97 Å². The molecular weight excluding hydrogens is 216 g/mol. The summed E-state index contributed by atoms with van der Waals surface area (Å²) in [6.45, 7) is 2.86. The van der Waals surface area contributed by atoms with Gasteiger partial charge in [0.15, 0.2) is 0 Å². The summed E-state index contributed by atoms with van der Waals surface area (Å²) in [4.78, 5) is 13.5. The van der Waals surface area contributed by atoms with Gasteiger partial charge in [0.1, 0.15) is 6.04 Å². The van der Waals surface area contributed by atoms with E-state index in [4.69, 9.17) is 5.73 Å². The van der Waals surface area contributed by atoms with E-state index in [9.17, 15) is 4.79 Å². The third kappa shape index (κ3) is 4.28. The van der Waals surface area contributed by atoms with Crippen LogP contribution in [-0.4, -0.2) is 43.7 Å². The number of ether oxygens (including phenoxy) is 1. The number of esters is 1. The average molecular weight is 242 g/mol. The summed E-state index contributed by atoms with van der Waals surface area (Å²) in [6, 6.07) is 0.0578. The zero-order valence-corrected chi connectivity index (χ0v) is 11.3. The van der Waals surface area contributed by atoms with Crippen molar-refractivity contribution in [2.45, 2.75) is 51.1 Å². The van der Waals surface area contributed by atoms with E-state index in [1.54, 1.807) is 0 Å². The maximum atomic E-state index is 11.3. The number of methoxy groups -OCH3 is 1. The number of carbonyl (C=O) groups excluding carboxylic acids is 1. The number of nitrogens with zero attached hydrogens (tertiary/aromatic N) is 1. The second-order valence-corrected chi connectivity index (χ2v) is 5.15. The summed E-state index contributed by atoms with van der Waals surface area (Å²) in [5.41, 5.74) is 5.77. The van der Waals surface area contributed by atoms with Crippen molar-refractivity contribution in [2.24, 2.45) is 11.7 Å². The number of hydrogen-bond donors (Lipinski definition) is 1. The minimum atomic E-state index is -0.520. The first kappa shape index (κ1) is 14.5. The third-order valence-corrected chi connectivity index (χ3v) is 4.01. The van der Waals surface area contributed by atoms with Gasteiger partial charge in [-0.15, -0.1) is 0 Å². The molecule has 100 valence electrons. The Bertz CT molecular complexity index is 238. The van der Waals surface area contributed by atoms with Gasteiger partial charge in [-0.05, 0) is 38.6 Å². The van der Waals surface area contributed by atoms with Gasteiger partial charge < -0.3 is 15.4 Å². The lowest BCUT2D eigenvalue weighted by Crippen LogP contribution is -2.46. The molecule has 4 nitrogen and oxygen atoms in total. The molecule has 0 bridgehead atoms. The van der Waals surface area contributed by atoms with Gasteiger partial charge in [0.25, 0.3) is 0 Å². The standard InChI is InChI=1S/C13H26N2O2/c1-4-10-5-7-11(8-6-10)15(2)9-12(14)13(16)17-3/h10-12H,4-9,14H2,1-3H3. The van der Waals surface area contributed by atoms with E-state index in [1.165, 1.54) is 39.2 Å². The lowest BCUT2D eigenvalue weighted by Gasteiger charge is -2.35. The Labute approximate surface area is 104 Å². The van der Waals surface area contributed by atoms with Gasteiger partial charge in [0.2, 0.25) is 0 Å². The van der Waals surface area contributed by atoms with E-state index in [2.05, 4.69) is 23.6 Å². The smallest absolute Gasteiger partial charge is 0.323 e. The van der Waals surface area contributed by atoms with Crippen molar-refractivity contribution in [1.29, 1.82) is 0 Å². The maximum absolute atomic E-state index is 11.3. The number of likely N-dealkylation sites (N-methyl/N-ethyl adjacent to an activating group) is 1. The first-order valence-corrected chi connectivity index (χ1v) is 6.62. The van der Waals surface area contributed by atoms with Crippen LogP contribution in [0.5, 0.6) is 0 Å². The highest BCUT2D eigenvalue weighted by molar-refractivity contribution is 5.75. The summed E-state index contributed by atoms with van der Waals surface area (Å²) in [7, 11) is 3.44. The Morgan fingerprint density at radius 2 is 2.00 bits per heavy atom. The van der Waals surface area contributed by atoms with Crippen molar-refractivity contribution >= 4 is 5.97 Å². The van der Waals surface area contributed by atoms with Crippen LogP contribution in [0.25, 0.3) is 0 Å². The van der Waals surface area contributed by atoms with Crippen LogP contribution in [0, 0.1) is 5.92 Å². The van der Waals surface area contributed by atoms with Gasteiger partial charge in [-0.1, -0.05) is 13.3 Å². The van der Waals surface area contributed by atoms with Crippen LogP contribution in [0.1, 0.15) is 39.0 Å². The predicted molar refractivity (Wildman–Crippen MR) is 68.7 cm³/mol. The van der Waals surface area contributed by atoms with E-state index < -0.39 is 6.04 Å². The minimum absolute atomic E-state index is 0.320. The Balaban J connectivity index is 2.33. The first-order valence-electron chi connectivity index (χ1n) is 6.62. The SMILES string of the molecule is CCC1CCC(N(C)CC(N)C(=O)OC)CC1. The molecule has 2 N–H and O–H groups in total. The number of rotatable bonds is 5. The fraction of sp³-hybridized carbons (Fsp3) is 0.923. The average Bonchev–Trinajstić information content (AvgIpc) is 2.37. The Hall–Kier alpha value is -0.610. The van der Waals surface area contributed by atoms with Gasteiger partial charge in [-0.25, -0.2) is 0 Å². The molecule has 1 fully saturated rings. The molecule has 0 amide bonds. The van der Waals surface area contributed by atoms with Crippen LogP contribution in [0.2, 0.25) is 0 Å². The summed E-state index contributed by atoms with van der Waals surface area (Å²) in [5, 5.41) is 0. The molecular formula is C13H26N2O2. The zero-order valence-electron chi connectivity index (χ0n) is 11.3. The monoisotopic (exact) mass is 242 g/mol. The quantitative estimate of drug-likeness (QED) is 0.740. The van der Waals surface area contributed by atoms with Crippen molar-refractivity contribution in [3.8, 4) is 0 Å². The molecule has 1 aliphatic rings. The molecule has 0 spiro atoms. The summed E-state index contributed by atoms with van der Waals surface area (Å²) >= 11 is 0. The van der Waals surface area contributed by atoms with Gasteiger partial charge in [0.05, 0.1) is 7.11 Å². The number of hydrogen-bond acceptors (Lipinski definition) is 4. The van der Waals surface area contributed by atoms with Gasteiger partial charge in [-0.3, -0.25) is 4.79 Å². The maximum Gasteiger partial charge on any atom is 0.323 e. The van der Waals surface area contributed by atoms with Gasteiger partial charge in [0, 0.05) is 12.6 Å². The molecule has 4 heteroatoms. The van der Waals surface area contributed by atoms with Gasteiger partial charge in [-0.2, -0.15) is 0 Å². The van der Waals surface area contributed by atoms with E-state index in [0.717, 1.165) is 5.92 Å². The van der Waals surface area contributed by atoms with E-state index >= 15 is 0 Å². The molecule has 0 radical (unpaired) electrons. The van der Waals surface area contributed by atoms with Crippen molar-refractivity contribution in [3.05, 3.63) is 0 Å². The van der Waals surface area contributed by atoms with Crippen LogP contribution < -0.4 is 5.73 Å². The van der Waals surface area contributed by atoms with Crippen molar-refractivity contribution in [3.63, 3.8) is 0 Å². The first-order chi connectivity index (χ1) is 8.08. The van der Waals surface area contributed by atoms with Crippen molar-refractivity contribution in [2.75, 3.05) is 20.7 Å². The molecule has 1 rings (SSSR count). The molecule has 0 saturated heterocycles. The zero-order chi connectivity index (χ0) is 12.8. The topological polar surface area (TPSA) is 55.6 Å². The fourth-order valence-electron chi connectivity index (χ4n) is 2.68. The summed E-state index contributed by atoms with van der Waals surface area (Å²) < 4.78 is 4.64. The molecule has 1 atom stereocenters. The van der Waals surface area contributed by atoms with Crippen LogP contribution >= 0.6 is 0 Å². The third-order valence-electron chi connectivity index (χ3n) is 4.01. The lowest BCUT2D eigenvalue weighted by atomic mass is 9.84. The Morgan fingerprint density at radius 3 is 2.47 bits per heavy atom. The highest BCUT2D eigenvalue weighted by Crippen LogP contribution is 2.28. The van der Waals surface area contributed by atoms with Crippen LogP contribution in [0.4, 0.5) is 0 Å². The van der Waals surface area contributed by atoms with E-state index in [0.29, 0.717) is 12.6 Å². The molecule has 1 saturated carbocycles. The molecule has 0 aromatic carbocycles. The molecule has 0 aliphatic heterocycles. The lowest BCUT2D eigenvalue weighted by molar-refractivity contribution is -0.142.